The van der Waals surface area contributed by atoms with E-state index in [0.29, 0.717) is 11.6 Å². The molecule has 25 heavy (non-hydrogen) atoms. The summed E-state index contributed by atoms with van der Waals surface area (Å²) in [5.41, 5.74) is 5.86. The summed E-state index contributed by atoms with van der Waals surface area (Å²) < 4.78 is 0. The maximum atomic E-state index is 11.0. The Bertz CT molecular complexity index is 788. The molecular formula is C15H22N8O2. The van der Waals surface area contributed by atoms with E-state index in [1.165, 1.54) is 56.2 Å². The van der Waals surface area contributed by atoms with Gasteiger partial charge in [-0.1, -0.05) is 12.8 Å². The number of aromatic nitrogens is 4. The monoisotopic (exact) mass is 346 g/mol. The van der Waals surface area contributed by atoms with Crippen molar-refractivity contribution in [3.05, 3.63) is 45.5 Å². The Morgan fingerprint density at radius 1 is 0.920 bits per heavy atom. The summed E-state index contributed by atoms with van der Waals surface area (Å²) in [6, 6.07) is 2.67. The van der Waals surface area contributed by atoms with Crippen LogP contribution in [0.15, 0.2) is 39.5 Å². The third-order valence-electron chi connectivity index (χ3n) is 3.51. The zero-order chi connectivity index (χ0) is 17.9. The lowest BCUT2D eigenvalue weighted by molar-refractivity contribution is 0.702. The third kappa shape index (κ3) is 6.96. The first-order valence-electron chi connectivity index (χ1n) is 8.05. The van der Waals surface area contributed by atoms with Crippen molar-refractivity contribution >= 4 is 17.3 Å². The minimum atomic E-state index is -0.224. The normalized spacial score (nSPS) is 13.9. The summed E-state index contributed by atoms with van der Waals surface area (Å²) in [4.78, 5) is 33.9. The van der Waals surface area contributed by atoms with Crippen LogP contribution in [0.25, 0.3) is 0 Å². The molecule has 1 fully saturated rings. The van der Waals surface area contributed by atoms with E-state index in [2.05, 4.69) is 35.9 Å². The Labute approximate surface area is 144 Å². The number of nitrogens with zero attached hydrogens (tertiary/aromatic N) is 3. The van der Waals surface area contributed by atoms with Crippen LogP contribution in [0, 0.1) is 0 Å². The topological polar surface area (TPSA) is 154 Å². The summed E-state index contributed by atoms with van der Waals surface area (Å²) in [7, 11) is 0. The molecule has 0 aromatic carbocycles. The molecule has 0 radical (unpaired) electrons. The Kier molecular flexibility index (Phi) is 7.32. The minimum Gasteiger partial charge on any atom is -0.313 e. The lowest BCUT2D eigenvalue weighted by atomic mass is 10.2. The predicted octanol–water partition coefficient (Wildman–Crippen LogP) is 0.947. The number of hydrazone groups is 1. The molecule has 0 saturated heterocycles. The first-order valence-corrected chi connectivity index (χ1v) is 8.05. The lowest BCUT2D eigenvalue weighted by Gasteiger charge is -2.02. The van der Waals surface area contributed by atoms with Crippen LogP contribution in [0.4, 0.5) is 11.6 Å². The summed E-state index contributed by atoms with van der Waals surface area (Å²) in [6.45, 7) is 0. The molecule has 6 N–H and O–H groups in total. The van der Waals surface area contributed by atoms with Crippen molar-refractivity contribution in [3.63, 3.8) is 0 Å². The van der Waals surface area contributed by atoms with Crippen molar-refractivity contribution in [3.8, 4) is 0 Å². The van der Waals surface area contributed by atoms with Gasteiger partial charge < -0.3 is 15.4 Å². The van der Waals surface area contributed by atoms with Crippen molar-refractivity contribution in [1.82, 2.24) is 19.9 Å². The van der Waals surface area contributed by atoms with E-state index >= 15 is 0 Å². The fourth-order valence-corrected chi connectivity index (χ4v) is 2.26. The van der Waals surface area contributed by atoms with Gasteiger partial charge in [-0.05, 0) is 25.7 Å². The number of nitrogens with two attached hydrogens (primary N) is 1. The van der Waals surface area contributed by atoms with Gasteiger partial charge in [-0.3, -0.25) is 15.0 Å². The van der Waals surface area contributed by atoms with Crippen LogP contribution in [0.5, 0.6) is 0 Å². The molecule has 0 bridgehead atoms. The quantitative estimate of drug-likeness (QED) is 0.315. The minimum absolute atomic E-state index is 0.168. The molecule has 134 valence electrons. The van der Waals surface area contributed by atoms with Crippen molar-refractivity contribution in [2.75, 3.05) is 10.9 Å². The van der Waals surface area contributed by atoms with Gasteiger partial charge in [-0.15, -0.1) is 0 Å². The fraction of sp³-hybridized carbons (Fsp3) is 0.400. The largest absolute Gasteiger partial charge is 0.313 e. The fourth-order valence-electron chi connectivity index (χ4n) is 2.26. The standard InChI is InChI=1S/C11H16N4O.C4H6N4O/c16-11-7-10(12-8-13-11)15-14-9-5-3-1-2-4-6-9;5-8-3-1-4(9)7-2-6-3/h7-8H,1-6H2,(H2,12,13,15,16);1-2H,5H2,(H2,6,7,8,9). The molecule has 0 spiro atoms. The van der Waals surface area contributed by atoms with Crippen LogP contribution < -0.4 is 27.8 Å². The zero-order valence-corrected chi connectivity index (χ0v) is 13.8. The van der Waals surface area contributed by atoms with Crippen molar-refractivity contribution in [2.24, 2.45) is 10.9 Å². The Morgan fingerprint density at radius 3 is 2.00 bits per heavy atom. The Morgan fingerprint density at radius 2 is 1.48 bits per heavy atom. The molecule has 3 rings (SSSR count). The highest BCUT2D eigenvalue weighted by molar-refractivity contribution is 5.85. The van der Waals surface area contributed by atoms with Gasteiger partial charge in [0.25, 0.3) is 11.1 Å². The van der Waals surface area contributed by atoms with Gasteiger partial charge in [0, 0.05) is 17.8 Å². The first kappa shape index (κ1) is 18.3. The van der Waals surface area contributed by atoms with Gasteiger partial charge in [0.05, 0.1) is 12.7 Å². The second-order valence-electron chi connectivity index (χ2n) is 5.44. The maximum Gasteiger partial charge on any atom is 0.252 e. The van der Waals surface area contributed by atoms with Crippen LogP contribution >= 0.6 is 0 Å². The number of nitrogen functional groups attached to an aromatic ring is 1. The van der Waals surface area contributed by atoms with Gasteiger partial charge in [0.2, 0.25) is 0 Å². The second kappa shape index (κ2) is 9.98. The molecule has 10 heteroatoms. The number of anilines is 2. The number of hydrazine groups is 1. The Balaban J connectivity index is 0.000000212. The highest BCUT2D eigenvalue weighted by atomic mass is 16.1. The van der Waals surface area contributed by atoms with Crippen LogP contribution in [0.1, 0.15) is 38.5 Å². The highest BCUT2D eigenvalue weighted by Crippen LogP contribution is 2.15. The molecule has 2 aromatic rings. The second-order valence-corrected chi connectivity index (χ2v) is 5.44. The van der Waals surface area contributed by atoms with Crippen LogP contribution in [-0.4, -0.2) is 25.6 Å². The Hall–Kier alpha value is -3.01. The lowest BCUT2D eigenvalue weighted by Crippen LogP contribution is -2.13. The van der Waals surface area contributed by atoms with E-state index in [4.69, 9.17) is 5.84 Å². The number of hydrogen-bond donors (Lipinski definition) is 5. The predicted molar refractivity (Wildman–Crippen MR) is 96.3 cm³/mol. The van der Waals surface area contributed by atoms with E-state index in [0.717, 1.165) is 12.8 Å². The maximum absolute atomic E-state index is 11.0. The van der Waals surface area contributed by atoms with Gasteiger partial charge in [-0.2, -0.15) is 5.10 Å². The van der Waals surface area contributed by atoms with Crippen molar-refractivity contribution in [2.45, 2.75) is 38.5 Å². The smallest absolute Gasteiger partial charge is 0.252 e. The van der Waals surface area contributed by atoms with Gasteiger partial charge >= 0.3 is 0 Å². The first-order chi connectivity index (χ1) is 12.2. The number of nitrogens with one attached hydrogen (secondary N) is 4. The van der Waals surface area contributed by atoms with Gasteiger partial charge in [0.1, 0.15) is 5.82 Å². The summed E-state index contributed by atoms with van der Waals surface area (Å²) >= 11 is 0. The van der Waals surface area contributed by atoms with E-state index in [9.17, 15) is 9.59 Å². The molecule has 1 saturated carbocycles. The summed E-state index contributed by atoms with van der Waals surface area (Å²) in [5.74, 6) is 5.81. The molecular weight excluding hydrogens is 324 g/mol. The molecule has 0 unspecified atom stereocenters. The number of H-pyrrole nitrogens is 2. The average Bonchev–Trinajstić information content (AvgIpc) is 2.89. The van der Waals surface area contributed by atoms with E-state index in [-0.39, 0.29) is 11.1 Å². The highest BCUT2D eigenvalue weighted by Gasteiger charge is 2.05. The van der Waals surface area contributed by atoms with Gasteiger partial charge in [-0.25, -0.2) is 15.8 Å². The number of hydrogen-bond acceptors (Lipinski definition) is 8. The van der Waals surface area contributed by atoms with Crippen molar-refractivity contribution < 1.29 is 0 Å². The van der Waals surface area contributed by atoms with Crippen LogP contribution in [0.2, 0.25) is 0 Å². The van der Waals surface area contributed by atoms with Crippen LogP contribution in [0.3, 0.4) is 0 Å². The van der Waals surface area contributed by atoms with Crippen molar-refractivity contribution in [1.29, 1.82) is 0 Å². The molecule has 0 aliphatic heterocycles. The van der Waals surface area contributed by atoms with E-state index in [1.54, 1.807) is 0 Å². The number of rotatable bonds is 3. The molecule has 10 nitrogen and oxygen atoms in total. The molecule has 1 aliphatic rings. The van der Waals surface area contributed by atoms with Crippen LogP contribution in [-0.2, 0) is 0 Å². The SMILES string of the molecule is NNc1cc(=O)[nH]cn1.O=c1cc(NN=C2CCCCCC2)nc[nH]1. The van der Waals surface area contributed by atoms with Gasteiger partial charge in [0.15, 0.2) is 5.82 Å². The third-order valence-corrected chi connectivity index (χ3v) is 3.51. The van der Waals surface area contributed by atoms with E-state index < -0.39 is 0 Å². The summed E-state index contributed by atoms with van der Waals surface area (Å²) in [5, 5.41) is 4.31. The molecule has 2 aromatic heterocycles. The zero-order valence-electron chi connectivity index (χ0n) is 13.8. The summed E-state index contributed by atoms with van der Waals surface area (Å²) in [6.07, 6.45) is 9.76. The average molecular weight is 346 g/mol. The molecule has 0 amide bonds. The van der Waals surface area contributed by atoms with E-state index in [1.807, 2.05) is 0 Å². The molecule has 0 atom stereocenters. The number of aromatic amines is 2. The molecule has 2 heterocycles. The molecule has 1 aliphatic carbocycles.